The largest absolute Gasteiger partial charge is 0.416 e. The van der Waals surface area contributed by atoms with Crippen molar-refractivity contribution in [1.82, 2.24) is 0 Å². The first kappa shape index (κ1) is 14.9. The van der Waals surface area contributed by atoms with Gasteiger partial charge in [0.2, 0.25) is 0 Å². The second-order valence-corrected chi connectivity index (χ2v) is 6.69. The van der Waals surface area contributed by atoms with E-state index in [0.717, 1.165) is 28.1 Å². The van der Waals surface area contributed by atoms with Gasteiger partial charge in [-0.25, -0.2) is 0 Å². The normalized spacial score (nSPS) is 13.6. The van der Waals surface area contributed by atoms with Crippen molar-refractivity contribution in [2.24, 2.45) is 0 Å². The zero-order valence-electron chi connectivity index (χ0n) is 9.76. The highest BCUT2D eigenvalue weighted by atomic mass is 79.9. The predicted octanol–water partition coefficient (Wildman–Crippen LogP) is 6.21. The fraction of sp³-hybridized carbons (Fsp3) is 0.231. The standard InChI is InChI=1S/C13H9BrClF3S/c1-7-6-10(19-12(7)15)11(14)8-2-4-9(5-3-8)13(16,17)18/h2-6,11H,1H3. The van der Waals surface area contributed by atoms with Crippen molar-refractivity contribution in [2.75, 3.05) is 0 Å². The summed E-state index contributed by atoms with van der Waals surface area (Å²) in [6, 6.07) is 7.07. The number of alkyl halides is 4. The maximum absolute atomic E-state index is 12.5. The van der Waals surface area contributed by atoms with Crippen molar-refractivity contribution in [2.45, 2.75) is 17.9 Å². The third kappa shape index (κ3) is 3.33. The first-order chi connectivity index (χ1) is 8.79. The number of benzene rings is 1. The smallest absolute Gasteiger partial charge is 0.166 e. The van der Waals surface area contributed by atoms with Crippen molar-refractivity contribution in [3.05, 3.63) is 56.2 Å². The summed E-state index contributed by atoms with van der Waals surface area (Å²) in [5, 5.41) is 0. The third-order valence-corrected chi connectivity index (χ3v) is 5.60. The molecule has 0 nitrogen and oxygen atoms in total. The van der Waals surface area contributed by atoms with Crippen LogP contribution in [0.25, 0.3) is 0 Å². The van der Waals surface area contributed by atoms with Crippen LogP contribution in [0.4, 0.5) is 13.2 Å². The summed E-state index contributed by atoms with van der Waals surface area (Å²) in [4.78, 5) is 0.827. The van der Waals surface area contributed by atoms with Gasteiger partial charge in [-0.2, -0.15) is 13.2 Å². The summed E-state index contributed by atoms with van der Waals surface area (Å²) in [6.45, 7) is 1.90. The van der Waals surface area contributed by atoms with Crippen LogP contribution >= 0.6 is 38.9 Å². The van der Waals surface area contributed by atoms with E-state index in [0.29, 0.717) is 4.34 Å². The number of hydrogen-bond donors (Lipinski definition) is 0. The van der Waals surface area contributed by atoms with E-state index in [1.165, 1.54) is 23.5 Å². The van der Waals surface area contributed by atoms with E-state index in [9.17, 15) is 13.2 Å². The van der Waals surface area contributed by atoms with Gasteiger partial charge in [0.15, 0.2) is 0 Å². The molecule has 102 valence electrons. The lowest BCUT2D eigenvalue weighted by molar-refractivity contribution is -0.137. The maximum atomic E-state index is 12.5. The number of hydrogen-bond acceptors (Lipinski definition) is 1. The molecule has 19 heavy (non-hydrogen) atoms. The number of thiophene rings is 1. The van der Waals surface area contributed by atoms with E-state index < -0.39 is 11.7 Å². The molecule has 0 saturated heterocycles. The Bertz CT molecular complexity index is 555. The minimum absolute atomic E-state index is 0.147. The second kappa shape index (κ2) is 5.46. The zero-order valence-corrected chi connectivity index (χ0v) is 12.9. The Morgan fingerprint density at radius 1 is 1.21 bits per heavy atom. The van der Waals surface area contributed by atoms with Gasteiger partial charge in [0.1, 0.15) is 0 Å². The molecule has 0 aliphatic rings. The summed E-state index contributed by atoms with van der Waals surface area (Å²) in [5.41, 5.74) is 1.10. The molecule has 0 N–H and O–H groups in total. The molecular weight excluding hydrogens is 361 g/mol. The lowest BCUT2D eigenvalue weighted by atomic mass is 10.1. The average molecular weight is 370 g/mol. The Labute approximate surface area is 126 Å². The topological polar surface area (TPSA) is 0 Å². The molecule has 0 amide bonds. The summed E-state index contributed by atoms with van der Waals surface area (Å²) in [5.74, 6) is 0. The van der Waals surface area contributed by atoms with Crippen molar-refractivity contribution >= 4 is 38.9 Å². The molecular formula is C13H9BrClF3S. The molecule has 1 aromatic carbocycles. The Hall–Kier alpha value is -0.520. The first-order valence-corrected chi connectivity index (χ1v) is 7.47. The molecule has 1 heterocycles. The summed E-state index contributed by atoms with van der Waals surface area (Å²) >= 11 is 10.9. The molecule has 0 aliphatic heterocycles. The lowest BCUT2D eigenvalue weighted by Crippen LogP contribution is -2.04. The van der Waals surface area contributed by atoms with Gasteiger partial charge in [0, 0.05) is 4.88 Å². The van der Waals surface area contributed by atoms with Crippen molar-refractivity contribution in [3.8, 4) is 0 Å². The van der Waals surface area contributed by atoms with Crippen LogP contribution in [0.15, 0.2) is 30.3 Å². The summed E-state index contributed by atoms with van der Waals surface area (Å²) in [6.07, 6.45) is -4.30. The van der Waals surface area contributed by atoms with Crippen LogP contribution in [0, 0.1) is 6.92 Å². The second-order valence-electron chi connectivity index (χ2n) is 4.09. The van der Waals surface area contributed by atoms with Gasteiger partial charge in [-0.1, -0.05) is 39.7 Å². The Balaban J connectivity index is 2.27. The molecule has 0 aliphatic carbocycles. The highest BCUT2D eigenvalue weighted by molar-refractivity contribution is 9.09. The highest BCUT2D eigenvalue weighted by Gasteiger charge is 2.30. The maximum Gasteiger partial charge on any atom is 0.416 e. The van der Waals surface area contributed by atoms with Crippen LogP contribution in [0.2, 0.25) is 4.34 Å². The zero-order chi connectivity index (χ0) is 14.2. The van der Waals surface area contributed by atoms with Crippen LogP contribution in [-0.2, 0) is 6.18 Å². The highest BCUT2D eigenvalue weighted by Crippen LogP contribution is 2.39. The van der Waals surface area contributed by atoms with E-state index >= 15 is 0 Å². The van der Waals surface area contributed by atoms with Crippen molar-refractivity contribution in [1.29, 1.82) is 0 Å². The SMILES string of the molecule is Cc1cc(C(Br)c2ccc(C(F)(F)F)cc2)sc1Cl. The minimum Gasteiger partial charge on any atom is -0.166 e. The van der Waals surface area contributed by atoms with E-state index in [2.05, 4.69) is 15.9 Å². The fourth-order valence-corrected chi connectivity index (χ4v) is 3.56. The van der Waals surface area contributed by atoms with E-state index in [1.807, 2.05) is 13.0 Å². The minimum atomic E-state index is -4.30. The van der Waals surface area contributed by atoms with Crippen LogP contribution in [0.5, 0.6) is 0 Å². The van der Waals surface area contributed by atoms with Crippen LogP contribution in [-0.4, -0.2) is 0 Å². The van der Waals surface area contributed by atoms with Crippen LogP contribution < -0.4 is 0 Å². The first-order valence-electron chi connectivity index (χ1n) is 5.36. The molecule has 1 aromatic heterocycles. The van der Waals surface area contributed by atoms with Gasteiger partial charge >= 0.3 is 6.18 Å². The average Bonchev–Trinajstić information content (AvgIpc) is 2.68. The van der Waals surface area contributed by atoms with Crippen LogP contribution in [0.1, 0.15) is 26.4 Å². The van der Waals surface area contributed by atoms with Crippen molar-refractivity contribution < 1.29 is 13.2 Å². The van der Waals surface area contributed by atoms with Gasteiger partial charge in [-0.15, -0.1) is 11.3 Å². The van der Waals surface area contributed by atoms with E-state index in [-0.39, 0.29) is 4.83 Å². The monoisotopic (exact) mass is 368 g/mol. The molecule has 0 spiro atoms. The van der Waals surface area contributed by atoms with E-state index in [4.69, 9.17) is 11.6 Å². The fourth-order valence-electron chi connectivity index (χ4n) is 1.61. The van der Waals surface area contributed by atoms with Gasteiger partial charge in [0.25, 0.3) is 0 Å². The number of halogens is 5. The van der Waals surface area contributed by atoms with Crippen LogP contribution in [0.3, 0.4) is 0 Å². The van der Waals surface area contributed by atoms with Gasteiger partial charge < -0.3 is 0 Å². The predicted molar refractivity (Wildman–Crippen MR) is 76.3 cm³/mol. The van der Waals surface area contributed by atoms with Gasteiger partial charge in [-0.05, 0) is 36.2 Å². The Kier molecular flexibility index (Phi) is 4.28. The van der Waals surface area contributed by atoms with Crippen molar-refractivity contribution in [3.63, 3.8) is 0 Å². The number of rotatable bonds is 2. The molecule has 6 heteroatoms. The lowest BCUT2D eigenvalue weighted by Gasteiger charge is -2.10. The third-order valence-electron chi connectivity index (χ3n) is 2.66. The summed E-state index contributed by atoms with van der Waals surface area (Å²) < 4.78 is 38.1. The molecule has 0 fully saturated rings. The van der Waals surface area contributed by atoms with E-state index in [1.54, 1.807) is 0 Å². The molecule has 1 unspecified atom stereocenters. The quantitative estimate of drug-likeness (QED) is 0.552. The van der Waals surface area contributed by atoms with Gasteiger partial charge in [-0.3, -0.25) is 0 Å². The Morgan fingerprint density at radius 2 is 1.79 bits per heavy atom. The van der Waals surface area contributed by atoms with Gasteiger partial charge in [0.05, 0.1) is 14.7 Å². The molecule has 2 aromatic rings. The Morgan fingerprint density at radius 3 is 2.21 bits per heavy atom. The summed E-state index contributed by atoms with van der Waals surface area (Å²) in [7, 11) is 0. The molecule has 0 saturated carbocycles. The molecule has 0 radical (unpaired) electrons. The number of aryl methyl sites for hydroxylation is 1. The molecule has 1 atom stereocenters. The molecule has 2 rings (SSSR count). The molecule has 0 bridgehead atoms.